The van der Waals surface area contributed by atoms with Gasteiger partial charge in [-0.05, 0) is 61.9 Å². The highest BCUT2D eigenvalue weighted by Crippen LogP contribution is 2.50. The minimum absolute atomic E-state index is 0.108. The summed E-state index contributed by atoms with van der Waals surface area (Å²) in [5.41, 5.74) is 6.74. The molecule has 4 nitrogen and oxygen atoms in total. The molecule has 2 aromatic rings. The van der Waals surface area contributed by atoms with E-state index in [1.807, 2.05) is 0 Å². The number of ether oxygens (including phenoxy) is 1. The normalized spacial score (nSPS) is 23.1. The van der Waals surface area contributed by atoms with Crippen LogP contribution in [0.4, 0.5) is 24.5 Å². The summed E-state index contributed by atoms with van der Waals surface area (Å²) in [7, 11) is 0. The fourth-order valence-electron chi connectivity index (χ4n) is 4.51. The third-order valence-electron chi connectivity index (χ3n) is 6.21. The molecule has 1 amide bonds. The van der Waals surface area contributed by atoms with E-state index in [1.54, 1.807) is 24.3 Å². The molecule has 30 heavy (non-hydrogen) atoms. The van der Waals surface area contributed by atoms with Crippen molar-refractivity contribution in [1.29, 1.82) is 0 Å². The Kier molecular flexibility index (Phi) is 5.34. The topological polar surface area (TPSA) is 64.3 Å². The van der Waals surface area contributed by atoms with Crippen LogP contribution in [-0.4, -0.2) is 12.5 Å². The molecule has 3 N–H and O–H groups in total. The smallest absolute Gasteiger partial charge is 0.416 e. The standard InChI is InChI=1S/C22H22ClF3N2O2/c23-15-2-4-18(17(27)11-15)28-20(29)9-13-5-7-21(8-6-13)12-30-19-10-14(22(24,25)26)1-3-16(19)21/h1-4,10-11,13H,5-9,12,27H2,(H,28,29). The van der Waals surface area contributed by atoms with E-state index in [0.29, 0.717) is 35.2 Å². The summed E-state index contributed by atoms with van der Waals surface area (Å²) in [4.78, 5) is 12.4. The molecule has 8 heteroatoms. The van der Waals surface area contributed by atoms with E-state index >= 15 is 0 Å². The Morgan fingerprint density at radius 1 is 1.20 bits per heavy atom. The predicted molar refractivity (Wildman–Crippen MR) is 110 cm³/mol. The van der Waals surface area contributed by atoms with E-state index in [4.69, 9.17) is 22.1 Å². The number of fused-ring (bicyclic) bond motifs is 2. The van der Waals surface area contributed by atoms with Gasteiger partial charge in [-0.15, -0.1) is 0 Å². The van der Waals surface area contributed by atoms with Gasteiger partial charge in [-0.2, -0.15) is 13.2 Å². The van der Waals surface area contributed by atoms with E-state index in [0.717, 1.165) is 43.4 Å². The van der Waals surface area contributed by atoms with Crippen molar-refractivity contribution in [2.75, 3.05) is 17.7 Å². The summed E-state index contributed by atoms with van der Waals surface area (Å²) < 4.78 is 44.5. The summed E-state index contributed by atoms with van der Waals surface area (Å²) in [6.45, 7) is 0.393. The largest absolute Gasteiger partial charge is 0.492 e. The summed E-state index contributed by atoms with van der Waals surface area (Å²) >= 11 is 5.88. The maximum absolute atomic E-state index is 13.0. The molecule has 1 saturated carbocycles. The molecule has 0 saturated heterocycles. The van der Waals surface area contributed by atoms with Gasteiger partial charge in [-0.3, -0.25) is 4.79 Å². The quantitative estimate of drug-likeness (QED) is 0.596. The molecule has 0 atom stereocenters. The van der Waals surface area contributed by atoms with Crippen LogP contribution in [0.5, 0.6) is 5.75 Å². The van der Waals surface area contributed by atoms with Crippen molar-refractivity contribution in [3.05, 3.63) is 52.5 Å². The molecule has 1 aliphatic heterocycles. The Labute approximate surface area is 177 Å². The zero-order valence-corrected chi connectivity index (χ0v) is 16.9. The van der Waals surface area contributed by atoms with Gasteiger partial charge in [0.25, 0.3) is 0 Å². The molecule has 4 rings (SSSR count). The SMILES string of the molecule is Nc1cc(Cl)ccc1NC(=O)CC1CCC2(CC1)COc1cc(C(F)(F)F)ccc12. The molecule has 160 valence electrons. The average molecular weight is 439 g/mol. The fraction of sp³-hybridized carbons (Fsp3) is 0.409. The average Bonchev–Trinajstić information content (AvgIpc) is 3.03. The number of amides is 1. The number of anilines is 2. The number of carbonyl (C=O) groups is 1. The third-order valence-corrected chi connectivity index (χ3v) is 6.44. The first-order chi connectivity index (χ1) is 14.2. The Morgan fingerprint density at radius 3 is 2.60 bits per heavy atom. The van der Waals surface area contributed by atoms with Crippen molar-refractivity contribution in [2.24, 2.45) is 5.92 Å². The van der Waals surface area contributed by atoms with E-state index in [2.05, 4.69) is 5.32 Å². The van der Waals surface area contributed by atoms with Crippen LogP contribution in [-0.2, 0) is 16.4 Å². The molecule has 2 aliphatic rings. The van der Waals surface area contributed by atoms with Crippen LogP contribution in [0, 0.1) is 5.92 Å². The first-order valence-electron chi connectivity index (χ1n) is 9.86. The lowest BCUT2D eigenvalue weighted by atomic mass is 9.67. The molecule has 0 radical (unpaired) electrons. The van der Waals surface area contributed by atoms with Crippen LogP contribution < -0.4 is 15.8 Å². The van der Waals surface area contributed by atoms with Gasteiger partial charge in [0.1, 0.15) is 5.75 Å². The van der Waals surface area contributed by atoms with E-state index in [-0.39, 0.29) is 17.2 Å². The van der Waals surface area contributed by atoms with Gasteiger partial charge >= 0.3 is 6.18 Å². The molecule has 1 spiro atoms. The summed E-state index contributed by atoms with van der Waals surface area (Å²) in [5.74, 6) is 0.435. The zero-order valence-electron chi connectivity index (χ0n) is 16.2. The van der Waals surface area contributed by atoms with E-state index < -0.39 is 11.7 Å². The molecule has 0 unspecified atom stereocenters. The lowest BCUT2D eigenvalue weighted by Gasteiger charge is -2.36. The minimum atomic E-state index is -4.38. The maximum Gasteiger partial charge on any atom is 0.416 e. The number of rotatable bonds is 3. The van der Waals surface area contributed by atoms with Gasteiger partial charge in [0.2, 0.25) is 5.91 Å². The van der Waals surface area contributed by atoms with Crippen LogP contribution in [0.25, 0.3) is 0 Å². The first kappa shape index (κ1) is 20.8. The van der Waals surface area contributed by atoms with Gasteiger partial charge in [0, 0.05) is 22.4 Å². The molecular formula is C22H22ClF3N2O2. The fourth-order valence-corrected chi connectivity index (χ4v) is 4.69. The van der Waals surface area contributed by atoms with Gasteiger partial charge in [-0.1, -0.05) is 17.7 Å². The highest BCUT2D eigenvalue weighted by molar-refractivity contribution is 6.31. The Hall–Kier alpha value is -2.41. The lowest BCUT2D eigenvalue weighted by molar-refractivity contribution is -0.137. The number of benzene rings is 2. The van der Waals surface area contributed by atoms with Crippen molar-refractivity contribution >= 4 is 28.9 Å². The van der Waals surface area contributed by atoms with Crippen LogP contribution in [0.15, 0.2) is 36.4 Å². The Morgan fingerprint density at radius 2 is 1.93 bits per heavy atom. The van der Waals surface area contributed by atoms with Gasteiger partial charge in [0.15, 0.2) is 0 Å². The second kappa shape index (κ2) is 7.69. The number of hydrogen-bond donors (Lipinski definition) is 2. The highest BCUT2D eigenvalue weighted by atomic mass is 35.5. The van der Waals surface area contributed by atoms with Crippen molar-refractivity contribution in [3.8, 4) is 5.75 Å². The minimum Gasteiger partial charge on any atom is -0.492 e. The number of carbonyl (C=O) groups excluding carboxylic acids is 1. The monoisotopic (exact) mass is 438 g/mol. The predicted octanol–water partition coefficient (Wildman–Crippen LogP) is 5.79. The molecule has 1 heterocycles. The summed E-state index contributed by atoms with van der Waals surface area (Å²) in [6, 6.07) is 8.71. The van der Waals surface area contributed by atoms with E-state index in [1.165, 1.54) is 0 Å². The van der Waals surface area contributed by atoms with E-state index in [9.17, 15) is 18.0 Å². The number of nitrogen functional groups attached to an aromatic ring is 1. The number of hydrogen-bond acceptors (Lipinski definition) is 3. The van der Waals surface area contributed by atoms with Crippen LogP contribution >= 0.6 is 11.6 Å². The van der Waals surface area contributed by atoms with Crippen molar-refractivity contribution in [3.63, 3.8) is 0 Å². The number of alkyl halides is 3. The summed E-state index contributed by atoms with van der Waals surface area (Å²) in [6.07, 6.45) is -0.814. The molecule has 1 aliphatic carbocycles. The maximum atomic E-state index is 13.0. The lowest BCUT2D eigenvalue weighted by Crippen LogP contribution is -2.34. The highest BCUT2D eigenvalue weighted by Gasteiger charge is 2.44. The number of nitrogens with one attached hydrogen (secondary N) is 1. The number of nitrogens with two attached hydrogens (primary N) is 1. The van der Waals surface area contributed by atoms with Gasteiger partial charge < -0.3 is 15.8 Å². The number of halogens is 4. The molecule has 0 aromatic heterocycles. The molecule has 0 bridgehead atoms. The second-order valence-electron chi connectivity index (χ2n) is 8.20. The van der Waals surface area contributed by atoms with Crippen molar-refractivity contribution < 1.29 is 22.7 Å². The van der Waals surface area contributed by atoms with Crippen molar-refractivity contribution in [2.45, 2.75) is 43.7 Å². The van der Waals surface area contributed by atoms with Crippen LogP contribution in [0.3, 0.4) is 0 Å². The molecule has 2 aromatic carbocycles. The Bertz CT molecular complexity index is 969. The second-order valence-corrected chi connectivity index (χ2v) is 8.64. The van der Waals surface area contributed by atoms with Gasteiger partial charge in [-0.25, -0.2) is 0 Å². The van der Waals surface area contributed by atoms with Crippen LogP contribution in [0.2, 0.25) is 5.02 Å². The first-order valence-corrected chi connectivity index (χ1v) is 10.2. The van der Waals surface area contributed by atoms with Crippen molar-refractivity contribution in [1.82, 2.24) is 0 Å². The van der Waals surface area contributed by atoms with Crippen LogP contribution in [0.1, 0.15) is 43.2 Å². The third kappa shape index (κ3) is 4.08. The molecular weight excluding hydrogens is 417 g/mol. The summed E-state index contributed by atoms with van der Waals surface area (Å²) in [5, 5.41) is 3.33. The molecule has 1 fully saturated rings. The zero-order chi connectivity index (χ0) is 21.5. The van der Waals surface area contributed by atoms with Gasteiger partial charge in [0.05, 0.1) is 23.5 Å². The Balaban J connectivity index is 1.37.